The standard InChI is InChI=1S/C12H14N/c1-3-7-11-9(5-1)10-6-2-4-8-12(10)13-11/h1,3,5,7,10,12H,2,4,6,8H2. The first-order valence-electron chi connectivity index (χ1n) is 5.25. The third kappa shape index (κ3) is 1.06. The van der Waals surface area contributed by atoms with E-state index in [1.807, 2.05) is 0 Å². The average molecular weight is 172 g/mol. The van der Waals surface area contributed by atoms with Gasteiger partial charge in [-0.05, 0) is 24.5 Å². The fourth-order valence-electron chi connectivity index (χ4n) is 2.73. The van der Waals surface area contributed by atoms with Gasteiger partial charge < -0.3 is 0 Å². The van der Waals surface area contributed by atoms with Crippen LogP contribution in [0.3, 0.4) is 0 Å². The molecule has 1 heteroatoms. The van der Waals surface area contributed by atoms with Crippen LogP contribution in [0, 0.1) is 0 Å². The van der Waals surface area contributed by atoms with Gasteiger partial charge in [0.1, 0.15) is 0 Å². The number of para-hydroxylation sites is 1. The van der Waals surface area contributed by atoms with E-state index in [0.717, 1.165) is 5.92 Å². The number of rotatable bonds is 0. The Hall–Kier alpha value is -0.980. The summed E-state index contributed by atoms with van der Waals surface area (Å²) in [6, 6.07) is 9.28. The molecule has 1 nitrogen and oxygen atoms in total. The predicted molar refractivity (Wildman–Crippen MR) is 53.2 cm³/mol. The van der Waals surface area contributed by atoms with Gasteiger partial charge in [0.2, 0.25) is 0 Å². The Kier molecular flexibility index (Phi) is 1.58. The van der Waals surface area contributed by atoms with E-state index in [4.69, 9.17) is 5.32 Å². The molecular weight excluding hydrogens is 158 g/mol. The molecule has 2 aliphatic rings. The number of hydrogen-bond donors (Lipinski definition) is 0. The third-order valence-corrected chi connectivity index (χ3v) is 3.37. The lowest BCUT2D eigenvalue weighted by molar-refractivity contribution is 0.376. The summed E-state index contributed by atoms with van der Waals surface area (Å²) in [6.45, 7) is 0. The van der Waals surface area contributed by atoms with Gasteiger partial charge in [-0.2, -0.15) is 0 Å². The van der Waals surface area contributed by atoms with Crippen molar-refractivity contribution in [1.82, 2.24) is 5.32 Å². The summed E-state index contributed by atoms with van der Waals surface area (Å²) >= 11 is 0. The molecule has 3 rings (SSSR count). The highest BCUT2D eigenvalue weighted by Crippen LogP contribution is 2.43. The first-order chi connectivity index (χ1) is 6.45. The minimum Gasteiger partial charge on any atom is -0.281 e. The van der Waals surface area contributed by atoms with E-state index < -0.39 is 0 Å². The van der Waals surface area contributed by atoms with Crippen molar-refractivity contribution < 1.29 is 0 Å². The van der Waals surface area contributed by atoms with Crippen molar-refractivity contribution in [3.8, 4) is 0 Å². The lowest BCUT2D eigenvalue weighted by atomic mass is 9.83. The largest absolute Gasteiger partial charge is 0.281 e. The lowest BCUT2D eigenvalue weighted by Crippen LogP contribution is -2.23. The predicted octanol–water partition coefficient (Wildman–Crippen LogP) is 2.96. The first-order valence-corrected chi connectivity index (χ1v) is 5.25. The van der Waals surface area contributed by atoms with Crippen LogP contribution in [0.15, 0.2) is 24.3 Å². The Morgan fingerprint density at radius 1 is 1.08 bits per heavy atom. The fraction of sp³-hybridized carbons (Fsp3) is 0.500. The van der Waals surface area contributed by atoms with E-state index in [9.17, 15) is 0 Å². The Morgan fingerprint density at radius 3 is 2.92 bits per heavy atom. The van der Waals surface area contributed by atoms with E-state index in [-0.39, 0.29) is 0 Å². The van der Waals surface area contributed by atoms with Crippen molar-refractivity contribution in [2.45, 2.75) is 37.6 Å². The topological polar surface area (TPSA) is 14.1 Å². The SMILES string of the molecule is c1ccc2c(c1)[N]C1CCCCC21. The molecular formula is C12H14N. The zero-order chi connectivity index (χ0) is 8.67. The highest BCUT2D eigenvalue weighted by atomic mass is 15.0. The molecule has 0 aromatic heterocycles. The smallest absolute Gasteiger partial charge is 0.0613 e. The van der Waals surface area contributed by atoms with Gasteiger partial charge in [-0.15, -0.1) is 0 Å². The van der Waals surface area contributed by atoms with Crippen molar-refractivity contribution in [2.75, 3.05) is 0 Å². The number of benzene rings is 1. The Bertz CT molecular complexity index is 319. The van der Waals surface area contributed by atoms with Gasteiger partial charge in [-0.25, -0.2) is 0 Å². The van der Waals surface area contributed by atoms with Crippen molar-refractivity contribution in [1.29, 1.82) is 0 Å². The molecule has 2 unspecified atom stereocenters. The monoisotopic (exact) mass is 172 g/mol. The molecule has 1 fully saturated rings. The van der Waals surface area contributed by atoms with E-state index in [1.165, 1.54) is 36.9 Å². The first kappa shape index (κ1) is 7.43. The molecule has 0 bridgehead atoms. The third-order valence-electron chi connectivity index (χ3n) is 3.37. The van der Waals surface area contributed by atoms with Crippen LogP contribution in [0.1, 0.15) is 37.2 Å². The summed E-state index contributed by atoms with van der Waals surface area (Å²) in [5.41, 5.74) is 2.77. The molecule has 1 aromatic carbocycles. The molecule has 0 amide bonds. The number of nitrogens with zero attached hydrogens (tertiary/aromatic N) is 1. The maximum Gasteiger partial charge on any atom is 0.0613 e. The zero-order valence-corrected chi connectivity index (χ0v) is 7.74. The quantitative estimate of drug-likeness (QED) is 0.571. The Balaban J connectivity index is 2.01. The van der Waals surface area contributed by atoms with Crippen LogP contribution < -0.4 is 5.32 Å². The van der Waals surface area contributed by atoms with Crippen molar-refractivity contribution in [2.24, 2.45) is 0 Å². The molecule has 0 N–H and O–H groups in total. The molecule has 1 radical (unpaired) electrons. The molecule has 1 aliphatic carbocycles. The van der Waals surface area contributed by atoms with Crippen LogP contribution in [0.25, 0.3) is 0 Å². The Morgan fingerprint density at radius 2 is 1.92 bits per heavy atom. The van der Waals surface area contributed by atoms with Gasteiger partial charge in [0.25, 0.3) is 0 Å². The van der Waals surface area contributed by atoms with Crippen LogP contribution in [0.4, 0.5) is 5.69 Å². The molecule has 0 spiro atoms. The molecule has 0 saturated heterocycles. The molecule has 1 aliphatic heterocycles. The molecule has 13 heavy (non-hydrogen) atoms. The second-order valence-electron chi connectivity index (χ2n) is 4.15. The minimum atomic E-state index is 0.617. The van der Waals surface area contributed by atoms with Crippen LogP contribution >= 0.6 is 0 Å². The number of fused-ring (bicyclic) bond motifs is 3. The van der Waals surface area contributed by atoms with Gasteiger partial charge >= 0.3 is 0 Å². The van der Waals surface area contributed by atoms with Crippen molar-refractivity contribution >= 4 is 5.69 Å². The molecule has 1 saturated carbocycles. The summed E-state index contributed by atoms with van der Waals surface area (Å²) in [4.78, 5) is 0. The highest BCUT2D eigenvalue weighted by molar-refractivity contribution is 5.52. The summed E-state index contributed by atoms with van der Waals surface area (Å²) in [7, 11) is 0. The number of hydrogen-bond acceptors (Lipinski definition) is 0. The normalized spacial score (nSPS) is 30.5. The summed E-state index contributed by atoms with van der Waals surface area (Å²) in [5.74, 6) is 0.755. The fourth-order valence-corrected chi connectivity index (χ4v) is 2.73. The maximum absolute atomic E-state index is 4.77. The average Bonchev–Trinajstić information content (AvgIpc) is 2.56. The lowest BCUT2D eigenvalue weighted by Gasteiger charge is -2.23. The van der Waals surface area contributed by atoms with E-state index in [0.29, 0.717) is 6.04 Å². The van der Waals surface area contributed by atoms with E-state index >= 15 is 0 Å². The highest BCUT2D eigenvalue weighted by Gasteiger charge is 2.34. The zero-order valence-electron chi connectivity index (χ0n) is 7.74. The van der Waals surface area contributed by atoms with Crippen molar-refractivity contribution in [3.05, 3.63) is 29.8 Å². The Labute approximate surface area is 79.2 Å². The van der Waals surface area contributed by atoms with Gasteiger partial charge in [0.05, 0.1) is 11.7 Å². The van der Waals surface area contributed by atoms with E-state index in [1.54, 1.807) is 0 Å². The van der Waals surface area contributed by atoms with Crippen LogP contribution in [0.5, 0.6) is 0 Å². The second kappa shape index (κ2) is 2.76. The van der Waals surface area contributed by atoms with Gasteiger partial charge in [0.15, 0.2) is 0 Å². The molecule has 1 aromatic rings. The maximum atomic E-state index is 4.77. The van der Waals surface area contributed by atoms with Crippen LogP contribution in [-0.4, -0.2) is 6.04 Å². The molecule has 2 atom stereocenters. The minimum absolute atomic E-state index is 0.617. The van der Waals surface area contributed by atoms with Crippen LogP contribution in [-0.2, 0) is 0 Å². The van der Waals surface area contributed by atoms with Crippen LogP contribution in [0.2, 0.25) is 0 Å². The van der Waals surface area contributed by atoms with E-state index in [2.05, 4.69) is 24.3 Å². The van der Waals surface area contributed by atoms with Crippen molar-refractivity contribution in [3.63, 3.8) is 0 Å². The summed E-state index contributed by atoms with van der Waals surface area (Å²) in [5, 5.41) is 4.77. The molecule has 67 valence electrons. The second-order valence-corrected chi connectivity index (χ2v) is 4.15. The van der Waals surface area contributed by atoms with Gasteiger partial charge in [-0.1, -0.05) is 31.0 Å². The molecule has 1 heterocycles. The summed E-state index contributed by atoms with van der Waals surface area (Å²) < 4.78 is 0. The summed E-state index contributed by atoms with van der Waals surface area (Å²) in [6.07, 6.45) is 5.42. The van der Waals surface area contributed by atoms with Gasteiger partial charge in [0, 0.05) is 5.92 Å². The van der Waals surface area contributed by atoms with Gasteiger partial charge in [-0.3, -0.25) is 5.32 Å².